The number of piperidine rings is 1. The van der Waals surface area contributed by atoms with E-state index < -0.39 is 0 Å². The molecule has 2 aliphatic heterocycles. The Labute approximate surface area is 147 Å². The van der Waals surface area contributed by atoms with Crippen LogP contribution >= 0.6 is 0 Å². The zero-order chi connectivity index (χ0) is 17.6. The third-order valence-electron chi connectivity index (χ3n) is 5.42. The fraction of sp³-hybridized carbons (Fsp3) is 0.579. The highest BCUT2D eigenvalue weighted by atomic mass is 16.5. The molecule has 0 saturated carbocycles. The highest BCUT2D eigenvalue weighted by molar-refractivity contribution is 5.94. The summed E-state index contributed by atoms with van der Waals surface area (Å²) in [6.07, 6.45) is 4.40. The molecule has 0 aromatic carbocycles. The summed E-state index contributed by atoms with van der Waals surface area (Å²) in [6.45, 7) is 5.57. The average Bonchev–Trinajstić information content (AvgIpc) is 3.22. The highest BCUT2D eigenvalue weighted by Crippen LogP contribution is 2.33. The van der Waals surface area contributed by atoms with Gasteiger partial charge in [0.25, 0.3) is 5.91 Å². The van der Waals surface area contributed by atoms with Gasteiger partial charge < -0.3 is 14.1 Å². The molecule has 1 amide bonds. The minimum absolute atomic E-state index is 0.0591. The smallest absolute Gasteiger partial charge is 0.272 e. The third kappa shape index (κ3) is 2.88. The summed E-state index contributed by atoms with van der Waals surface area (Å²) < 4.78 is 13.1. The molecular weight excluding hydrogens is 318 g/mol. The number of hydrogen-bond acceptors (Lipinski definition) is 4. The molecule has 25 heavy (non-hydrogen) atoms. The predicted molar refractivity (Wildman–Crippen MR) is 92.5 cm³/mol. The fourth-order valence-corrected chi connectivity index (χ4v) is 4.17. The molecule has 6 heteroatoms. The number of nitrogens with zero attached hydrogens (tertiary/aromatic N) is 3. The van der Waals surface area contributed by atoms with Crippen molar-refractivity contribution < 1.29 is 13.9 Å². The SMILES string of the molecule is C[C@@H]1Cc2c(nn(C)c2C(=O)N2CCC(c3ccco3)CC2)[C@H](C)O1. The van der Waals surface area contributed by atoms with E-state index >= 15 is 0 Å². The maximum atomic E-state index is 13.2. The lowest BCUT2D eigenvalue weighted by Crippen LogP contribution is -2.39. The Morgan fingerprint density at radius 3 is 2.72 bits per heavy atom. The second-order valence-corrected chi connectivity index (χ2v) is 7.21. The van der Waals surface area contributed by atoms with E-state index in [0.717, 1.165) is 55.1 Å². The van der Waals surface area contributed by atoms with Gasteiger partial charge in [0.15, 0.2) is 0 Å². The van der Waals surface area contributed by atoms with Crippen LogP contribution < -0.4 is 0 Å². The summed E-state index contributed by atoms with van der Waals surface area (Å²) in [5, 5.41) is 4.57. The Morgan fingerprint density at radius 1 is 1.28 bits per heavy atom. The molecule has 0 N–H and O–H groups in total. The van der Waals surface area contributed by atoms with Gasteiger partial charge in [-0.25, -0.2) is 0 Å². The number of amides is 1. The van der Waals surface area contributed by atoms with Gasteiger partial charge >= 0.3 is 0 Å². The number of furan rings is 1. The monoisotopic (exact) mass is 343 g/mol. The lowest BCUT2D eigenvalue weighted by atomic mass is 9.93. The summed E-state index contributed by atoms with van der Waals surface area (Å²) in [4.78, 5) is 15.1. The largest absolute Gasteiger partial charge is 0.469 e. The number of likely N-dealkylation sites (tertiary alicyclic amines) is 1. The second kappa shape index (κ2) is 6.33. The van der Waals surface area contributed by atoms with Crippen LogP contribution in [0.3, 0.4) is 0 Å². The Kier molecular flexibility index (Phi) is 4.15. The number of fused-ring (bicyclic) bond motifs is 1. The normalized spacial score (nSPS) is 24.4. The van der Waals surface area contributed by atoms with Gasteiger partial charge in [-0.05, 0) is 38.8 Å². The fourth-order valence-electron chi connectivity index (χ4n) is 4.17. The zero-order valence-corrected chi connectivity index (χ0v) is 15.1. The first-order valence-electron chi connectivity index (χ1n) is 9.08. The van der Waals surface area contributed by atoms with Gasteiger partial charge in [-0.1, -0.05) is 0 Å². The van der Waals surface area contributed by atoms with Crippen LogP contribution in [0.2, 0.25) is 0 Å². The summed E-state index contributed by atoms with van der Waals surface area (Å²) in [5.41, 5.74) is 2.70. The molecule has 1 saturated heterocycles. The quantitative estimate of drug-likeness (QED) is 0.841. The van der Waals surface area contributed by atoms with E-state index in [-0.39, 0.29) is 18.1 Å². The van der Waals surface area contributed by atoms with Crippen molar-refractivity contribution >= 4 is 5.91 Å². The van der Waals surface area contributed by atoms with Crippen LogP contribution in [0.25, 0.3) is 0 Å². The van der Waals surface area contributed by atoms with Crippen molar-refractivity contribution in [2.45, 2.75) is 51.2 Å². The standard InChI is InChI=1S/C19H25N3O3/c1-12-11-15-17(13(2)25-12)20-21(3)18(15)19(23)22-8-6-14(7-9-22)16-5-4-10-24-16/h4-5,10,12-14H,6-9,11H2,1-3H3/t12-,13+/m1/s1. The van der Waals surface area contributed by atoms with Crippen molar-refractivity contribution in [3.05, 3.63) is 41.1 Å². The summed E-state index contributed by atoms with van der Waals surface area (Å²) in [5.74, 6) is 1.54. The third-order valence-corrected chi connectivity index (χ3v) is 5.42. The Balaban J connectivity index is 1.53. The van der Waals surface area contributed by atoms with Crippen LogP contribution in [-0.2, 0) is 18.2 Å². The lowest BCUT2D eigenvalue weighted by molar-refractivity contribution is -0.00715. The number of aromatic nitrogens is 2. The van der Waals surface area contributed by atoms with Crippen molar-refractivity contribution in [2.24, 2.45) is 7.05 Å². The van der Waals surface area contributed by atoms with Gasteiger partial charge in [-0.15, -0.1) is 0 Å². The summed E-state index contributed by atoms with van der Waals surface area (Å²) >= 11 is 0. The molecule has 2 aromatic heterocycles. The molecule has 2 atom stereocenters. The molecule has 4 rings (SSSR count). The van der Waals surface area contributed by atoms with Gasteiger partial charge in [-0.3, -0.25) is 9.48 Å². The summed E-state index contributed by atoms with van der Waals surface area (Å²) in [7, 11) is 1.86. The van der Waals surface area contributed by atoms with Crippen LogP contribution in [0.1, 0.15) is 66.2 Å². The van der Waals surface area contributed by atoms with Crippen LogP contribution in [-0.4, -0.2) is 39.8 Å². The van der Waals surface area contributed by atoms with Crippen LogP contribution in [0.4, 0.5) is 0 Å². The molecule has 6 nitrogen and oxygen atoms in total. The summed E-state index contributed by atoms with van der Waals surface area (Å²) in [6, 6.07) is 3.96. The molecule has 4 heterocycles. The van der Waals surface area contributed by atoms with Crippen molar-refractivity contribution in [1.82, 2.24) is 14.7 Å². The van der Waals surface area contributed by atoms with Gasteiger partial charge in [0.1, 0.15) is 11.5 Å². The molecule has 0 radical (unpaired) electrons. The molecular formula is C19H25N3O3. The highest BCUT2D eigenvalue weighted by Gasteiger charge is 2.34. The van der Waals surface area contributed by atoms with E-state index in [1.807, 2.05) is 31.0 Å². The predicted octanol–water partition coefficient (Wildman–Crippen LogP) is 3.06. The average molecular weight is 343 g/mol. The lowest BCUT2D eigenvalue weighted by Gasteiger charge is -2.32. The van der Waals surface area contributed by atoms with E-state index in [2.05, 4.69) is 12.0 Å². The minimum atomic E-state index is -0.0591. The van der Waals surface area contributed by atoms with Crippen LogP contribution in [0.5, 0.6) is 0 Å². The molecule has 1 fully saturated rings. The molecule has 0 bridgehead atoms. The number of hydrogen-bond donors (Lipinski definition) is 0. The second-order valence-electron chi connectivity index (χ2n) is 7.21. The molecule has 2 aromatic rings. The Hall–Kier alpha value is -2.08. The topological polar surface area (TPSA) is 60.5 Å². The number of carbonyl (C=O) groups is 1. The molecule has 134 valence electrons. The zero-order valence-electron chi connectivity index (χ0n) is 15.1. The van der Waals surface area contributed by atoms with Gasteiger partial charge in [0.2, 0.25) is 0 Å². The van der Waals surface area contributed by atoms with Crippen molar-refractivity contribution in [3.63, 3.8) is 0 Å². The maximum absolute atomic E-state index is 13.2. The van der Waals surface area contributed by atoms with Crippen LogP contribution in [0, 0.1) is 0 Å². The van der Waals surface area contributed by atoms with Gasteiger partial charge in [0.05, 0.1) is 24.2 Å². The molecule has 0 unspecified atom stereocenters. The molecule has 2 aliphatic rings. The minimum Gasteiger partial charge on any atom is -0.469 e. The van der Waals surface area contributed by atoms with E-state index in [9.17, 15) is 4.79 Å². The maximum Gasteiger partial charge on any atom is 0.272 e. The van der Waals surface area contributed by atoms with Gasteiger partial charge in [0, 0.05) is 38.0 Å². The first-order chi connectivity index (χ1) is 12.0. The van der Waals surface area contributed by atoms with Gasteiger partial charge in [-0.2, -0.15) is 5.10 Å². The number of aryl methyl sites for hydroxylation is 1. The number of ether oxygens (including phenoxy) is 1. The van der Waals surface area contributed by atoms with E-state index in [4.69, 9.17) is 9.15 Å². The first kappa shape index (κ1) is 16.4. The van der Waals surface area contributed by atoms with Crippen molar-refractivity contribution in [3.8, 4) is 0 Å². The molecule has 0 spiro atoms. The first-order valence-corrected chi connectivity index (χ1v) is 9.08. The Bertz CT molecular complexity index is 757. The number of carbonyl (C=O) groups excluding carboxylic acids is 1. The van der Waals surface area contributed by atoms with Crippen molar-refractivity contribution in [2.75, 3.05) is 13.1 Å². The van der Waals surface area contributed by atoms with E-state index in [1.165, 1.54) is 0 Å². The van der Waals surface area contributed by atoms with E-state index in [0.29, 0.717) is 5.92 Å². The van der Waals surface area contributed by atoms with E-state index in [1.54, 1.807) is 10.9 Å². The number of rotatable bonds is 2. The molecule has 0 aliphatic carbocycles. The van der Waals surface area contributed by atoms with Crippen molar-refractivity contribution in [1.29, 1.82) is 0 Å². The van der Waals surface area contributed by atoms with Crippen LogP contribution in [0.15, 0.2) is 22.8 Å². The Morgan fingerprint density at radius 2 is 2.04 bits per heavy atom.